The SMILES string of the molecule is CC(C)(C)c1ccc(OCc2nnc(-c3ccc(F)cc3)o2)cc1. The first kappa shape index (κ1) is 16.2. The zero-order valence-electron chi connectivity index (χ0n) is 13.9. The number of hydrogen-bond donors (Lipinski definition) is 0. The average molecular weight is 326 g/mol. The van der Waals surface area contributed by atoms with Gasteiger partial charge in [0.1, 0.15) is 11.6 Å². The topological polar surface area (TPSA) is 48.2 Å². The lowest BCUT2D eigenvalue weighted by molar-refractivity contribution is 0.264. The second kappa shape index (κ2) is 6.43. The molecule has 1 heterocycles. The maximum Gasteiger partial charge on any atom is 0.254 e. The second-order valence-corrected chi connectivity index (χ2v) is 6.57. The van der Waals surface area contributed by atoms with E-state index in [9.17, 15) is 4.39 Å². The van der Waals surface area contributed by atoms with Gasteiger partial charge in [0.15, 0.2) is 6.61 Å². The largest absolute Gasteiger partial charge is 0.484 e. The summed E-state index contributed by atoms with van der Waals surface area (Å²) < 4.78 is 24.1. The maximum atomic E-state index is 12.9. The first-order valence-corrected chi connectivity index (χ1v) is 7.73. The number of halogens is 1. The van der Waals surface area contributed by atoms with Crippen LogP contribution in [0.2, 0.25) is 0 Å². The van der Waals surface area contributed by atoms with Gasteiger partial charge < -0.3 is 9.15 Å². The molecule has 0 radical (unpaired) electrons. The molecule has 0 aliphatic carbocycles. The summed E-state index contributed by atoms with van der Waals surface area (Å²) in [6.07, 6.45) is 0. The first-order valence-electron chi connectivity index (χ1n) is 7.73. The normalized spacial score (nSPS) is 11.5. The van der Waals surface area contributed by atoms with Crippen molar-refractivity contribution in [3.05, 3.63) is 65.8 Å². The van der Waals surface area contributed by atoms with Crippen LogP contribution >= 0.6 is 0 Å². The minimum atomic E-state index is -0.305. The predicted octanol–water partition coefficient (Wildman–Crippen LogP) is 4.75. The zero-order chi connectivity index (χ0) is 17.2. The van der Waals surface area contributed by atoms with Crippen molar-refractivity contribution in [3.63, 3.8) is 0 Å². The fourth-order valence-corrected chi connectivity index (χ4v) is 2.22. The molecular formula is C19H19FN2O2. The molecule has 124 valence electrons. The quantitative estimate of drug-likeness (QED) is 0.694. The van der Waals surface area contributed by atoms with Gasteiger partial charge in [-0.1, -0.05) is 32.9 Å². The molecule has 0 fully saturated rings. The van der Waals surface area contributed by atoms with E-state index in [0.717, 1.165) is 5.75 Å². The van der Waals surface area contributed by atoms with Crippen LogP contribution in [0, 0.1) is 5.82 Å². The van der Waals surface area contributed by atoms with E-state index in [1.165, 1.54) is 17.7 Å². The van der Waals surface area contributed by atoms with Crippen molar-refractivity contribution >= 4 is 0 Å². The van der Waals surface area contributed by atoms with E-state index in [4.69, 9.17) is 9.15 Å². The molecule has 0 N–H and O–H groups in total. The Labute approximate surface area is 140 Å². The standard InChI is InChI=1S/C19H19FN2O2/c1-19(2,3)14-6-10-16(11-7-14)23-12-17-21-22-18(24-17)13-4-8-15(20)9-5-13/h4-11H,12H2,1-3H3. The van der Waals surface area contributed by atoms with Crippen LogP contribution in [0.25, 0.3) is 11.5 Å². The van der Waals surface area contributed by atoms with Crippen molar-refractivity contribution in [1.29, 1.82) is 0 Å². The summed E-state index contributed by atoms with van der Waals surface area (Å²) in [6, 6.07) is 13.9. The fourth-order valence-electron chi connectivity index (χ4n) is 2.22. The van der Waals surface area contributed by atoms with Crippen molar-refractivity contribution in [1.82, 2.24) is 10.2 Å². The Bertz CT molecular complexity index is 803. The lowest BCUT2D eigenvalue weighted by atomic mass is 9.87. The number of benzene rings is 2. The summed E-state index contributed by atoms with van der Waals surface area (Å²) in [5.74, 6) is 1.15. The summed E-state index contributed by atoms with van der Waals surface area (Å²) >= 11 is 0. The van der Waals surface area contributed by atoms with E-state index in [2.05, 4.69) is 31.0 Å². The van der Waals surface area contributed by atoms with Crippen molar-refractivity contribution in [2.75, 3.05) is 0 Å². The highest BCUT2D eigenvalue weighted by Gasteiger charge is 2.13. The van der Waals surface area contributed by atoms with Crippen LogP contribution < -0.4 is 4.74 Å². The second-order valence-electron chi connectivity index (χ2n) is 6.57. The third-order valence-electron chi connectivity index (χ3n) is 3.64. The molecular weight excluding hydrogens is 307 g/mol. The Kier molecular flexibility index (Phi) is 4.34. The van der Waals surface area contributed by atoms with Crippen molar-refractivity contribution in [2.45, 2.75) is 32.8 Å². The van der Waals surface area contributed by atoms with Gasteiger partial charge in [-0.2, -0.15) is 0 Å². The monoisotopic (exact) mass is 326 g/mol. The van der Waals surface area contributed by atoms with Crippen LogP contribution in [0.1, 0.15) is 32.2 Å². The van der Waals surface area contributed by atoms with Crippen LogP contribution in [-0.4, -0.2) is 10.2 Å². The van der Waals surface area contributed by atoms with E-state index in [-0.39, 0.29) is 17.8 Å². The molecule has 4 nitrogen and oxygen atoms in total. The number of hydrogen-bond acceptors (Lipinski definition) is 4. The molecule has 0 unspecified atom stereocenters. The van der Waals surface area contributed by atoms with E-state index < -0.39 is 0 Å². The number of ether oxygens (including phenoxy) is 1. The molecule has 1 aromatic heterocycles. The van der Waals surface area contributed by atoms with Gasteiger partial charge in [0.25, 0.3) is 5.89 Å². The van der Waals surface area contributed by atoms with Gasteiger partial charge in [-0.25, -0.2) is 4.39 Å². The minimum Gasteiger partial charge on any atom is -0.484 e. The molecule has 0 atom stereocenters. The molecule has 0 saturated heterocycles. The summed E-state index contributed by atoms with van der Waals surface area (Å²) in [4.78, 5) is 0. The van der Waals surface area contributed by atoms with Gasteiger partial charge in [0.05, 0.1) is 0 Å². The highest BCUT2D eigenvalue weighted by Crippen LogP contribution is 2.25. The fraction of sp³-hybridized carbons (Fsp3) is 0.263. The van der Waals surface area contributed by atoms with E-state index >= 15 is 0 Å². The zero-order valence-corrected chi connectivity index (χ0v) is 13.9. The minimum absolute atomic E-state index is 0.106. The molecule has 0 spiro atoms. The van der Waals surface area contributed by atoms with Crippen LogP contribution in [0.5, 0.6) is 5.75 Å². The van der Waals surface area contributed by atoms with Crippen molar-refractivity contribution in [3.8, 4) is 17.2 Å². The Balaban J connectivity index is 1.64. The Morgan fingerprint density at radius 3 is 2.25 bits per heavy atom. The molecule has 0 amide bonds. The molecule has 2 aromatic carbocycles. The molecule has 24 heavy (non-hydrogen) atoms. The predicted molar refractivity (Wildman–Crippen MR) is 89.2 cm³/mol. The van der Waals surface area contributed by atoms with Gasteiger partial charge in [0.2, 0.25) is 5.89 Å². The lowest BCUT2D eigenvalue weighted by Gasteiger charge is -2.19. The molecule has 3 rings (SSSR count). The van der Waals surface area contributed by atoms with Crippen LogP contribution in [0.4, 0.5) is 4.39 Å². The summed E-state index contributed by atoms with van der Waals surface area (Å²) in [6.45, 7) is 6.68. The molecule has 0 aliphatic rings. The number of aromatic nitrogens is 2. The molecule has 3 aromatic rings. The van der Waals surface area contributed by atoms with Gasteiger partial charge in [-0.15, -0.1) is 10.2 Å². The van der Waals surface area contributed by atoms with Crippen LogP contribution in [-0.2, 0) is 12.0 Å². The van der Waals surface area contributed by atoms with Crippen LogP contribution in [0.15, 0.2) is 52.9 Å². The van der Waals surface area contributed by atoms with Gasteiger partial charge in [0, 0.05) is 5.56 Å². The summed E-state index contributed by atoms with van der Waals surface area (Å²) in [7, 11) is 0. The summed E-state index contributed by atoms with van der Waals surface area (Å²) in [5, 5.41) is 7.91. The summed E-state index contributed by atoms with van der Waals surface area (Å²) in [5.41, 5.74) is 2.02. The molecule has 0 aliphatic heterocycles. The van der Waals surface area contributed by atoms with Gasteiger partial charge in [-0.05, 0) is 47.4 Å². The first-order chi connectivity index (χ1) is 11.4. The van der Waals surface area contributed by atoms with Crippen LogP contribution in [0.3, 0.4) is 0 Å². The Morgan fingerprint density at radius 1 is 0.958 bits per heavy atom. The van der Waals surface area contributed by atoms with Crippen molar-refractivity contribution in [2.24, 2.45) is 0 Å². The maximum absolute atomic E-state index is 12.9. The lowest BCUT2D eigenvalue weighted by Crippen LogP contribution is -2.10. The number of nitrogens with zero attached hydrogens (tertiary/aromatic N) is 2. The average Bonchev–Trinajstić information content (AvgIpc) is 3.02. The highest BCUT2D eigenvalue weighted by molar-refractivity contribution is 5.51. The highest BCUT2D eigenvalue weighted by atomic mass is 19.1. The third kappa shape index (κ3) is 3.79. The van der Waals surface area contributed by atoms with E-state index in [1.807, 2.05) is 24.3 Å². The van der Waals surface area contributed by atoms with Gasteiger partial charge >= 0.3 is 0 Å². The van der Waals surface area contributed by atoms with Crippen molar-refractivity contribution < 1.29 is 13.5 Å². The van der Waals surface area contributed by atoms with Gasteiger partial charge in [-0.3, -0.25) is 0 Å². The Hall–Kier alpha value is -2.69. The molecule has 5 heteroatoms. The third-order valence-corrected chi connectivity index (χ3v) is 3.64. The number of rotatable bonds is 4. The molecule has 0 saturated carbocycles. The molecule has 0 bridgehead atoms. The van der Waals surface area contributed by atoms with E-state index in [0.29, 0.717) is 17.3 Å². The smallest absolute Gasteiger partial charge is 0.254 e. The van der Waals surface area contributed by atoms with E-state index in [1.54, 1.807) is 12.1 Å². The Morgan fingerprint density at radius 2 is 1.62 bits per heavy atom.